The van der Waals surface area contributed by atoms with Crippen molar-refractivity contribution in [3.8, 4) is 5.75 Å². The fraction of sp³-hybridized carbons (Fsp3) is 0.647. The number of rotatable bonds is 6. The van der Waals surface area contributed by atoms with Gasteiger partial charge in [0.1, 0.15) is 12.4 Å². The number of hydrogen-bond acceptors (Lipinski definition) is 5. The molecule has 0 aromatic heterocycles. The van der Waals surface area contributed by atoms with Gasteiger partial charge in [0.25, 0.3) is 0 Å². The van der Waals surface area contributed by atoms with E-state index in [1.807, 2.05) is 12.1 Å². The molecule has 1 aliphatic carbocycles. The molecular weight excluding hydrogens is 280 g/mol. The van der Waals surface area contributed by atoms with Gasteiger partial charge in [-0.15, -0.1) is 0 Å². The Kier molecular flexibility index (Phi) is 6.20. The average molecular weight is 308 g/mol. The van der Waals surface area contributed by atoms with Crippen LogP contribution < -0.4 is 16.2 Å². The van der Waals surface area contributed by atoms with Crippen LogP contribution in [0.5, 0.6) is 5.75 Å². The number of nitrogens with two attached hydrogens (primary N) is 2. The van der Waals surface area contributed by atoms with Crippen LogP contribution in [-0.4, -0.2) is 35.0 Å². The maximum atomic E-state index is 10.6. The first-order valence-corrected chi connectivity index (χ1v) is 8.13. The Hall–Kier alpha value is -1.14. The van der Waals surface area contributed by atoms with Gasteiger partial charge in [-0.25, -0.2) is 0 Å². The van der Waals surface area contributed by atoms with Crippen LogP contribution in [0.15, 0.2) is 24.3 Å². The highest BCUT2D eigenvalue weighted by Gasteiger charge is 2.29. The molecule has 124 valence electrons. The van der Waals surface area contributed by atoms with Crippen LogP contribution in [0.2, 0.25) is 0 Å². The molecule has 22 heavy (non-hydrogen) atoms. The third-order valence-electron chi connectivity index (χ3n) is 4.42. The lowest BCUT2D eigenvalue weighted by atomic mass is 9.96. The van der Waals surface area contributed by atoms with E-state index in [-0.39, 0.29) is 13.2 Å². The quantitative estimate of drug-likeness (QED) is 0.596. The summed E-state index contributed by atoms with van der Waals surface area (Å²) in [6.07, 6.45) is 5.21. The van der Waals surface area contributed by atoms with Crippen molar-refractivity contribution in [1.29, 1.82) is 0 Å². The first-order valence-electron chi connectivity index (χ1n) is 8.13. The molecule has 0 spiro atoms. The molecule has 1 fully saturated rings. The molecule has 0 saturated heterocycles. The lowest BCUT2D eigenvalue weighted by Gasteiger charge is -2.26. The summed E-state index contributed by atoms with van der Waals surface area (Å²) < 4.78 is 5.78. The van der Waals surface area contributed by atoms with E-state index in [9.17, 15) is 10.2 Å². The highest BCUT2D eigenvalue weighted by Crippen LogP contribution is 2.28. The minimum atomic E-state index is -0.811. The molecule has 0 aliphatic heterocycles. The summed E-state index contributed by atoms with van der Waals surface area (Å²) in [5.74, 6) is 0.637. The number of ether oxygens (including phenoxy) is 1. The van der Waals surface area contributed by atoms with Crippen LogP contribution in [0.25, 0.3) is 0 Å². The van der Waals surface area contributed by atoms with E-state index in [0.29, 0.717) is 11.3 Å². The summed E-state index contributed by atoms with van der Waals surface area (Å²) in [7, 11) is 0. The van der Waals surface area contributed by atoms with Gasteiger partial charge in [-0.3, -0.25) is 0 Å². The Bertz CT molecular complexity index is 459. The second kappa shape index (κ2) is 7.92. The van der Waals surface area contributed by atoms with Gasteiger partial charge in [0.05, 0.1) is 11.7 Å². The molecule has 1 aromatic carbocycles. The van der Waals surface area contributed by atoms with Gasteiger partial charge >= 0.3 is 0 Å². The zero-order valence-corrected chi connectivity index (χ0v) is 13.1. The first kappa shape index (κ1) is 17.2. The molecule has 6 N–H and O–H groups in total. The predicted molar refractivity (Wildman–Crippen MR) is 86.6 cm³/mol. The molecule has 2 atom stereocenters. The van der Waals surface area contributed by atoms with Crippen LogP contribution in [0.4, 0.5) is 0 Å². The third kappa shape index (κ3) is 4.68. The molecule has 0 amide bonds. The van der Waals surface area contributed by atoms with Crippen molar-refractivity contribution in [2.45, 2.75) is 56.3 Å². The van der Waals surface area contributed by atoms with Crippen LogP contribution >= 0.6 is 0 Å². The van der Waals surface area contributed by atoms with E-state index < -0.39 is 17.7 Å². The summed E-state index contributed by atoms with van der Waals surface area (Å²) >= 11 is 0. The van der Waals surface area contributed by atoms with Crippen molar-refractivity contribution in [2.24, 2.45) is 11.5 Å². The van der Waals surface area contributed by atoms with E-state index in [4.69, 9.17) is 16.2 Å². The van der Waals surface area contributed by atoms with Gasteiger partial charge in [-0.05, 0) is 30.5 Å². The van der Waals surface area contributed by atoms with E-state index in [0.717, 1.165) is 25.7 Å². The third-order valence-corrected chi connectivity index (χ3v) is 4.42. The Morgan fingerprint density at radius 1 is 1.18 bits per heavy atom. The second-order valence-electron chi connectivity index (χ2n) is 6.34. The van der Waals surface area contributed by atoms with Crippen molar-refractivity contribution < 1.29 is 14.9 Å². The monoisotopic (exact) mass is 308 g/mol. The fourth-order valence-electron chi connectivity index (χ4n) is 2.91. The zero-order chi connectivity index (χ0) is 16.0. The molecule has 0 radical (unpaired) electrons. The SMILES string of the molecule is NC[C@@H](N)C(O)c1cccc(OCC2(O)CCCCCC2)c1. The standard InChI is InChI=1S/C17H28N2O3/c18-11-15(19)16(20)13-6-5-7-14(10-13)22-12-17(21)8-3-1-2-4-9-17/h5-7,10,15-16,20-21H,1-4,8-9,11-12,18-19H2/t15-,16?/m1/s1. The van der Waals surface area contributed by atoms with Crippen molar-refractivity contribution in [3.05, 3.63) is 29.8 Å². The maximum absolute atomic E-state index is 10.6. The highest BCUT2D eigenvalue weighted by atomic mass is 16.5. The molecule has 0 bridgehead atoms. The zero-order valence-electron chi connectivity index (χ0n) is 13.1. The van der Waals surface area contributed by atoms with Gasteiger partial charge in [0.15, 0.2) is 0 Å². The Balaban J connectivity index is 1.98. The van der Waals surface area contributed by atoms with Crippen LogP contribution in [-0.2, 0) is 0 Å². The van der Waals surface area contributed by atoms with Gasteiger partial charge in [0.2, 0.25) is 0 Å². The van der Waals surface area contributed by atoms with Crippen molar-refractivity contribution >= 4 is 0 Å². The van der Waals surface area contributed by atoms with E-state index in [2.05, 4.69) is 0 Å². The molecule has 2 rings (SSSR count). The average Bonchev–Trinajstić information content (AvgIpc) is 2.77. The van der Waals surface area contributed by atoms with Gasteiger partial charge in [-0.2, -0.15) is 0 Å². The topological polar surface area (TPSA) is 102 Å². The summed E-state index contributed by atoms with van der Waals surface area (Å²) in [6, 6.07) is 6.70. The smallest absolute Gasteiger partial charge is 0.119 e. The predicted octanol–water partition coefficient (Wildman–Crippen LogP) is 1.47. The van der Waals surface area contributed by atoms with Crippen molar-refractivity contribution in [2.75, 3.05) is 13.2 Å². The second-order valence-corrected chi connectivity index (χ2v) is 6.34. The van der Waals surface area contributed by atoms with Crippen molar-refractivity contribution in [3.63, 3.8) is 0 Å². The van der Waals surface area contributed by atoms with Crippen LogP contribution in [0.3, 0.4) is 0 Å². The number of hydrogen-bond donors (Lipinski definition) is 4. The summed E-state index contributed by atoms with van der Waals surface area (Å²) in [6.45, 7) is 0.501. The first-order chi connectivity index (χ1) is 10.5. The van der Waals surface area contributed by atoms with Gasteiger partial charge in [-0.1, -0.05) is 37.8 Å². The minimum absolute atomic E-state index is 0.214. The lowest BCUT2D eigenvalue weighted by molar-refractivity contribution is -0.0174. The molecule has 1 saturated carbocycles. The number of aliphatic hydroxyl groups excluding tert-OH is 1. The van der Waals surface area contributed by atoms with Crippen molar-refractivity contribution in [1.82, 2.24) is 0 Å². The number of aliphatic hydroxyl groups is 2. The fourth-order valence-corrected chi connectivity index (χ4v) is 2.91. The minimum Gasteiger partial charge on any atom is -0.491 e. The Morgan fingerprint density at radius 2 is 1.86 bits per heavy atom. The largest absolute Gasteiger partial charge is 0.491 e. The normalized spacial score (nSPS) is 20.9. The molecule has 5 heteroatoms. The van der Waals surface area contributed by atoms with Gasteiger partial charge < -0.3 is 26.4 Å². The highest BCUT2D eigenvalue weighted by molar-refractivity contribution is 5.30. The molecule has 0 heterocycles. The van der Waals surface area contributed by atoms with E-state index in [1.165, 1.54) is 12.8 Å². The molecule has 1 aromatic rings. The van der Waals surface area contributed by atoms with E-state index >= 15 is 0 Å². The van der Waals surface area contributed by atoms with Gasteiger partial charge in [0, 0.05) is 12.6 Å². The Morgan fingerprint density at radius 3 is 2.50 bits per heavy atom. The summed E-state index contributed by atoms with van der Waals surface area (Å²) in [5, 5.41) is 20.7. The summed E-state index contributed by atoms with van der Waals surface area (Å²) in [5.41, 5.74) is 11.2. The maximum Gasteiger partial charge on any atom is 0.119 e. The number of benzene rings is 1. The molecule has 1 unspecified atom stereocenters. The molecule has 1 aliphatic rings. The lowest BCUT2D eigenvalue weighted by Crippen LogP contribution is -2.36. The molecule has 5 nitrogen and oxygen atoms in total. The van der Waals surface area contributed by atoms with Crippen LogP contribution in [0.1, 0.15) is 50.2 Å². The molecular formula is C17H28N2O3. The Labute approximate surface area is 132 Å². The van der Waals surface area contributed by atoms with Crippen LogP contribution in [0, 0.1) is 0 Å². The van der Waals surface area contributed by atoms with E-state index in [1.54, 1.807) is 12.1 Å². The summed E-state index contributed by atoms with van der Waals surface area (Å²) in [4.78, 5) is 0.